The zero-order valence-corrected chi connectivity index (χ0v) is 12.6. The van der Waals surface area contributed by atoms with Crippen LogP contribution in [0.3, 0.4) is 0 Å². The minimum absolute atomic E-state index is 0.176. The maximum atomic E-state index is 11.2. The number of carbonyl (C=O) groups is 1. The van der Waals surface area contributed by atoms with Gasteiger partial charge >= 0.3 is 5.97 Å². The van der Waals surface area contributed by atoms with Crippen molar-refractivity contribution in [1.82, 2.24) is 0 Å². The maximum Gasteiger partial charge on any atom is 0.337 e. The summed E-state index contributed by atoms with van der Waals surface area (Å²) in [6, 6.07) is 3.37. The Labute approximate surface area is 121 Å². The van der Waals surface area contributed by atoms with Gasteiger partial charge in [-0.1, -0.05) is 6.92 Å². The van der Waals surface area contributed by atoms with Crippen molar-refractivity contribution in [1.29, 1.82) is 0 Å². The molecule has 4 nitrogen and oxygen atoms in total. The van der Waals surface area contributed by atoms with Crippen LogP contribution in [0.1, 0.15) is 36.5 Å². The molecular formula is C14H19BrN2O2. The molecule has 1 fully saturated rings. The highest BCUT2D eigenvalue weighted by atomic mass is 79.9. The number of nitrogens with two attached hydrogens (primary N) is 1. The standard InChI is InChI=1S/C14H19BrN2O2/c1-2-5-17(8-9-3-4-9)13-6-10(14(18)19)12(16)7-11(13)15/h6-7,9H,2-5,8,16H2,1H3,(H,18,19). The van der Waals surface area contributed by atoms with E-state index in [4.69, 9.17) is 5.73 Å². The lowest BCUT2D eigenvalue weighted by Crippen LogP contribution is -2.27. The molecule has 0 radical (unpaired) electrons. The summed E-state index contributed by atoms with van der Waals surface area (Å²) in [4.78, 5) is 13.4. The van der Waals surface area contributed by atoms with Gasteiger partial charge in [-0.3, -0.25) is 0 Å². The van der Waals surface area contributed by atoms with Crippen molar-refractivity contribution < 1.29 is 9.90 Å². The van der Waals surface area contributed by atoms with E-state index < -0.39 is 5.97 Å². The molecule has 0 bridgehead atoms. The Hall–Kier alpha value is -1.23. The van der Waals surface area contributed by atoms with E-state index in [1.54, 1.807) is 12.1 Å². The molecule has 0 aromatic heterocycles. The van der Waals surface area contributed by atoms with E-state index in [0.717, 1.165) is 35.6 Å². The summed E-state index contributed by atoms with van der Waals surface area (Å²) in [6.45, 7) is 4.05. The molecule has 1 aromatic rings. The van der Waals surface area contributed by atoms with Gasteiger partial charge in [0.25, 0.3) is 0 Å². The van der Waals surface area contributed by atoms with Gasteiger partial charge in [0.2, 0.25) is 0 Å². The van der Waals surface area contributed by atoms with Crippen LogP contribution in [-0.4, -0.2) is 24.2 Å². The lowest BCUT2D eigenvalue weighted by molar-refractivity contribution is 0.0698. The molecule has 1 aliphatic carbocycles. The topological polar surface area (TPSA) is 66.6 Å². The number of anilines is 2. The third-order valence-electron chi connectivity index (χ3n) is 3.36. The van der Waals surface area contributed by atoms with Gasteiger partial charge in [-0.05, 0) is 53.2 Å². The van der Waals surface area contributed by atoms with Crippen molar-refractivity contribution in [2.45, 2.75) is 26.2 Å². The molecule has 0 aliphatic heterocycles. The Kier molecular flexibility index (Phi) is 4.34. The van der Waals surface area contributed by atoms with E-state index in [1.165, 1.54) is 12.8 Å². The first kappa shape index (κ1) is 14.2. The molecule has 104 valence electrons. The number of carboxylic acids is 1. The van der Waals surface area contributed by atoms with Crippen LogP contribution < -0.4 is 10.6 Å². The molecule has 0 unspecified atom stereocenters. The molecule has 0 saturated heterocycles. The first-order valence-corrected chi connectivity index (χ1v) is 7.39. The van der Waals surface area contributed by atoms with Gasteiger partial charge in [0.1, 0.15) is 0 Å². The SMILES string of the molecule is CCCN(CC1CC1)c1cc(C(=O)O)c(N)cc1Br. The van der Waals surface area contributed by atoms with Crippen LogP contribution in [0.15, 0.2) is 16.6 Å². The molecule has 1 saturated carbocycles. The summed E-state index contributed by atoms with van der Waals surface area (Å²) in [5.41, 5.74) is 7.15. The average Bonchev–Trinajstić information content (AvgIpc) is 3.12. The maximum absolute atomic E-state index is 11.2. The first-order chi connectivity index (χ1) is 9.02. The predicted molar refractivity (Wildman–Crippen MR) is 80.7 cm³/mol. The van der Waals surface area contributed by atoms with Crippen molar-refractivity contribution in [2.24, 2.45) is 5.92 Å². The number of carboxylic acid groups (broad SMARTS) is 1. The van der Waals surface area contributed by atoms with Crippen molar-refractivity contribution in [3.05, 3.63) is 22.2 Å². The molecule has 1 aliphatic rings. The van der Waals surface area contributed by atoms with E-state index >= 15 is 0 Å². The monoisotopic (exact) mass is 326 g/mol. The first-order valence-electron chi connectivity index (χ1n) is 6.60. The zero-order chi connectivity index (χ0) is 14.0. The van der Waals surface area contributed by atoms with E-state index in [2.05, 4.69) is 27.8 Å². The smallest absolute Gasteiger partial charge is 0.337 e. The summed E-state index contributed by atoms with van der Waals surface area (Å²) < 4.78 is 0.865. The molecular weight excluding hydrogens is 308 g/mol. The summed E-state index contributed by atoms with van der Waals surface area (Å²) in [7, 11) is 0. The van der Waals surface area contributed by atoms with E-state index in [9.17, 15) is 9.90 Å². The highest BCUT2D eigenvalue weighted by molar-refractivity contribution is 9.10. The largest absolute Gasteiger partial charge is 0.478 e. The Morgan fingerprint density at radius 1 is 1.53 bits per heavy atom. The molecule has 3 N–H and O–H groups in total. The number of rotatable bonds is 6. The quantitative estimate of drug-likeness (QED) is 0.786. The number of nitrogen functional groups attached to an aromatic ring is 1. The molecule has 0 heterocycles. The van der Waals surface area contributed by atoms with Crippen LogP contribution in [0.5, 0.6) is 0 Å². The van der Waals surface area contributed by atoms with Gasteiger partial charge in [0.05, 0.1) is 11.3 Å². The lowest BCUT2D eigenvalue weighted by atomic mass is 10.1. The highest BCUT2D eigenvalue weighted by Crippen LogP contribution is 2.36. The summed E-state index contributed by atoms with van der Waals surface area (Å²) in [5, 5.41) is 9.17. The zero-order valence-electron chi connectivity index (χ0n) is 11.0. The Morgan fingerprint density at radius 2 is 2.21 bits per heavy atom. The van der Waals surface area contributed by atoms with Crippen molar-refractivity contribution in [3.8, 4) is 0 Å². The number of aromatic carboxylic acids is 1. The summed E-state index contributed by atoms with van der Waals surface area (Å²) in [5.74, 6) is -0.224. The van der Waals surface area contributed by atoms with Crippen molar-refractivity contribution >= 4 is 33.3 Å². The number of hydrogen-bond donors (Lipinski definition) is 2. The molecule has 0 atom stereocenters. The molecule has 19 heavy (non-hydrogen) atoms. The van der Waals surface area contributed by atoms with Crippen LogP contribution >= 0.6 is 15.9 Å². The van der Waals surface area contributed by atoms with Gasteiger partial charge in [0, 0.05) is 23.2 Å². The molecule has 2 rings (SSSR count). The third-order valence-corrected chi connectivity index (χ3v) is 3.99. The van der Waals surface area contributed by atoms with Gasteiger partial charge in [0.15, 0.2) is 0 Å². The summed E-state index contributed by atoms with van der Waals surface area (Å²) in [6.07, 6.45) is 3.59. The lowest BCUT2D eigenvalue weighted by Gasteiger charge is -2.26. The Balaban J connectivity index is 2.33. The van der Waals surface area contributed by atoms with Gasteiger partial charge in [-0.15, -0.1) is 0 Å². The van der Waals surface area contributed by atoms with Crippen molar-refractivity contribution in [2.75, 3.05) is 23.7 Å². The molecule has 1 aromatic carbocycles. The van der Waals surface area contributed by atoms with E-state index in [1.807, 2.05) is 0 Å². The van der Waals surface area contributed by atoms with Gasteiger partial charge < -0.3 is 15.7 Å². The molecule has 5 heteroatoms. The third kappa shape index (κ3) is 3.41. The average molecular weight is 327 g/mol. The predicted octanol–water partition coefficient (Wildman–Crippen LogP) is 3.36. The second-order valence-corrected chi connectivity index (χ2v) is 5.94. The fraction of sp³-hybridized carbons (Fsp3) is 0.500. The molecule has 0 amide bonds. The minimum Gasteiger partial charge on any atom is -0.478 e. The molecule has 0 spiro atoms. The van der Waals surface area contributed by atoms with Gasteiger partial charge in [-0.25, -0.2) is 4.79 Å². The van der Waals surface area contributed by atoms with E-state index in [0.29, 0.717) is 5.69 Å². The summed E-state index contributed by atoms with van der Waals surface area (Å²) >= 11 is 3.50. The minimum atomic E-state index is -0.978. The number of hydrogen-bond acceptors (Lipinski definition) is 3. The highest BCUT2D eigenvalue weighted by Gasteiger charge is 2.25. The Morgan fingerprint density at radius 3 is 2.74 bits per heavy atom. The second kappa shape index (κ2) is 5.82. The van der Waals surface area contributed by atoms with E-state index in [-0.39, 0.29) is 5.56 Å². The van der Waals surface area contributed by atoms with Gasteiger partial charge in [-0.2, -0.15) is 0 Å². The van der Waals surface area contributed by atoms with Crippen molar-refractivity contribution in [3.63, 3.8) is 0 Å². The van der Waals surface area contributed by atoms with Crippen LogP contribution in [0.4, 0.5) is 11.4 Å². The number of halogens is 1. The fourth-order valence-corrected chi connectivity index (χ4v) is 2.81. The van der Waals surface area contributed by atoms with Crippen LogP contribution in [0, 0.1) is 5.92 Å². The fourth-order valence-electron chi connectivity index (χ4n) is 2.20. The number of nitrogens with zero attached hydrogens (tertiary/aromatic N) is 1. The van der Waals surface area contributed by atoms with Crippen LogP contribution in [0.25, 0.3) is 0 Å². The number of benzene rings is 1. The second-order valence-electron chi connectivity index (χ2n) is 5.09. The van der Waals surface area contributed by atoms with Crippen LogP contribution in [-0.2, 0) is 0 Å². The van der Waals surface area contributed by atoms with Crippen LogP contribution in [0.2, 0.25) is 0 Å². The normalized spacial score (nSPS) is 14.4. The Bertz CT molecular complexity index is 487.